The third kappa shape index (κ3) is 5.63. The van der Waals surface area contributed by atoms with Crippen molar-refractivity contribution >= 4 is 17.1 Å². The Morgan fingerprint density at radius 2 is 1.95 bits per heavy atom. The molecule has 1 aromatic heterocycles. The molecule has 0 saturated carbocycles. The van der Waals surface area contributed by atoms with Crippen molar-refractivity contribution in [1.29, 1.82) is 0 Å². The van der Waals surface area contributed by atoms with E-state index in [1.807, 2.05) is 11.4 Å². The molecule has 0 amide bonds. The number of carbonyl (C=O) groups is 1. The van der Waals surface area contributed by atoms with E-state index in [0.717, 1.165) is 18.4 Å². The van der Waals surface area contributed by atoms with Gasteiger partial charge in [-0.1, -0.05) is 18.2 Å². The van der Waals surface area contributed by atoms with Gasteiger partial charge < -0.3 is 4.74 Å². The minimum Gasteiger partial charge on any atom is -0.435 e. The molecule has 2 nitrogen and oxygen atoms in total. The molecule has 0 unspecified atom stereocenters. The van der Waals surface area contributed by atoms with Gasteiger partial charge in [-0.15, -0.1) is 11.3 Å². The summed E-state index contributed by atoms with van der Waals surface area (Å²) in [4.78, 5) is 13.1. The lowest BCUT2D eigenvalue weighted by molar-refractivity contribution is -0.118. The molecular weight excluding hydrogens is 294 g/mol. The Morgan fingerprint density at radius 1 is 1.19 bits per heavy atom. The van der Waals surface area contributed by atoms with Crippen molar-refractivity contribution in [2.75, 3.05) is 0 Å². The van der Waals surface area contributed by atoms with Gasteiger partial charge in [0.2, 0.25) is 0 Å². The number of ketones is 1. The summed E-state index contributed by atoms with van der Waals surface area (Å²) in [5, 5.41) is 2.03. The lowest BCUT2D eigenvalue weighted by atomic mass is 10.0. The van der Waals surface area contributed by atoms with Gasteiger partial charge in [0.15, 0.2) is 0 Å². The topological polar surface area (TPSA) is 26.3 Å². The van der Waals surface area contributed by atoms with Gasteiger partial charge in [0, 0.05) is 17.7 Å². The molecule has 0 saturated heterocycles. The Hall–Kier alpha value is -1.75. The highest BCUT2D eigenvalue weighted by atomic mass is 32.1. The molecule has 2 rings (SSSR count). The first-order chi connectivity index (χ1) is 10.1. The standard InChI is InChI=1S/C16H16F2O2S/c17-16(18)20-14-8-6-12(7-9-14)11-13(19)3-1-4-15-5-2-10-21-15/h2,5-10,16H,1,3-4,11H2. The van der Waals surface area contributed by atoms with Crippen LogP contribution in [0.25, 0.3) is 0 Å². The van der Waals surface area contributed by atoms with Crippen LogP contribution in [0.1, 0.15) is 23.3 Å². The van der Waals surface area contributed by atoms with Crippen LogP contribution in [0.4, 0.5) is 8.78 Å². The lowest BCUT2D eigenvalue weighted by Crippen LogP contribution is -2.04. The van der Waals surface area contributed by atoms with Crippen LogP contribution < -0.4 is 4.74 Å². The predicted octanol–water partition coefficient (Wildman–Crippen LogP) is 4.48. The zero-order chi connectivity index (χ0) is 15.1. The van der Waals surface area contributed by atoms with Crippen molar-refractivity contribution in [3.05, 3.63) is 52.2 Å². The quantitative estimate of drug-likeness (QED) is 0.718. The molecule has 0 radical (unpaired) electrons. The number of aryl methyl sites for hydroxylation is 1. The molecule has 5 heteroatoms. The van der Waals surface area contributed by atoms with Crippen LogP contribution in [0.15, 0.2) is 41.8 Å². The van der Waals surface area contributed by atoms with Crippen LogP contribution in [0.2, 0.25) is 0 Å². The molecule has 0 bridgehead atoms. The molecule has 0 aliphatic rings. The number of Topliss-reactive ketones (excluding diaryl/α,β-unsaturated/α-hetero) is 1. The molecule has 0 fully saturated rings. The fraction of sp³-hybridized carbons (Fsp3) is 0.312. The summed E-state index contributed by atoms with van der Waals surface area (Å²) in [6.45, 7) is -2.82. The maximum Gasteiger partial charge on any atom is 0.387 e. The fourth-order valence-corrected chi connectivity index (χ4v) is 2.77. The number of benzene rings is 1. The maximum atomic E-state index is 12.0. The summed E-state index contributed by atoms with van der Waals surface area (Å²) in [5.74, 6) is 0.271. The van der Waals surface area contributed by atoms with Gasteiger partial charge in [0.1, 0.15) is 11.5 Å². The number of hydrogen-bond acceptors (Lipinski definition) is 3. The lowest BCUT2D eigenvalue weighted by Gasteiger charge is -2.05. The first-order valence-corrected chi connectivity index (χ1v) is 7.59. The molecule has 1 heterocycles. The van der Waals surface area contributed by atoms with Crippen molar-refractivity contribution in [2.24, 2.45) is 0 Å². The minimum absolute atomic E-state index is 0.110. The number of carbonyl (C=O) groups excluding carboxylic acids is 1. The summed E-state index contributed by atoms with van der Waals surface area (Å²) in [6, 6.07) is 10.3. The van der Waals surface area contributed by atoms with Crippen LogP contribution in [0, 0.1) is 0 Å². The van der Waals surface area contributed by atoms with E-state index in [1.54, 1.807) is 23.5 Å². The average Bonchev–Trinajstić information content (AvgIpc) is 2.93. The molecule has 0 spiro atoms. The van der Waals surface area contributed by atoms with E-state index in [9.17, 15) is 13.6 Å². The van der Waals surface area contributed by atoms with Gasteiger partial charge in [-0.05, 0) is 42.0 Å². The second-order valence-electron chi connectivity index (χ2n) is 4.67. The minimum atomic E-state index is -2.82. The Morgan fingerprint density at radius 3 is 2.57 bits per heavy atom. The average molecular weight is 310 g/mol. The summed E-state index contributed by atoms with van der Waals surface area (Å²) in [7, 11) is 0. The SMILES string of the molecule is O=C(CCCc1cccs1)Cc1ccc(OC(F)F)cc1. The second-order valence-corrected chi connectivity index (χ2v) is 5.70. The maximum absolute atomic E-state index is 12.0. The van der Waals surface area contributed by atoms with Crippen molar-refractivity contribution in [3.63, 3.8) is 0 Å². The fourth-order valence-electron chi connectivity index (χ4n) is 2.02. The summed E-state index contributed by atoms with van der Waals surface area (Å²) >= 11 is 1.70. The normalized spacial score (nSPS) is 10.8. The summed E-state index contributed by atoms with van der Waals surface area (Å²) in [6.07, 6.45) is 2.63. The first kappa shape index (κ1) is 15.6. The third-order valence-corrected chi connectivity index (χ3v) is 3.94. The van der Waals surface area contributed by atoms with Crippen molar-refractivity contribution in [3.8, 4) is 5.75 Å². The molecule has 2 aromatic rings. The smallest absolute Gasteiger partial charge is 0.387 e. The molecule has 0 aliphatic carbocycles. The molecule has 0 atom stereocenters. The number of hydrogen-bond donors (Lipinski definition) is 0. The molecule has 0 aliphatic heterocycles. The van der Waals surface area contributed by atoms with Crippen LogP contribution in [-0.2, 0) is 17.6 Å². The van der Waals surface area contributed by atoms with Crippen LogP contribution in [0.5, 0.6) is 5.75 Å². The van der Waals surface area contributed by atoms with E-state index in [4.69, 9.17) is 0 Å². The molecule has 21 heavy (non-hydrogen) atoms. The Kier molecular flexibility index (Phi) is 5.87. The second kappa shape index (κ2) is 7.88. The van der Waals surface area contributed by atoms with E-state index in [2.05, 4.69) is 10.8 Å². The zero-order valence-electron chi connectivity index (χ0n) is 11.4. The summed E-state index contributed by atoms with van der Waals surface area (Å²) in [5.41, 5.74) is 0.817. The molecule has 0 N–H and O–H groups in total. The van der Waals surface area contributed by atoms with E-state index in [-0.39, 0.29) is 11.5 Å². The van der Waals surface area contributed by atoms with E-state index in [1.165, 1.54) is 17.0 Å². The van der Waals surface area contributed by atoms with E-state index >= 15 is 0 Å². The van der Waals surface area contributed by atoms with E-state index < -0.39 is 6.61 Å². The molecule has 1 aromatic carbocycles. The van der Waals surface area contributed by atoms with Crippen molar-refractivity contribution in [2.45, 2.75) is 32.3 Å². The van der Waals surface area contributed by atoms with Crippen molar-refractivity contribution < 1.29 is 18.3 Å². The van der Waals surface area contributed by atoms with Crippen LogP contribution >= 0.6 is 11.3 Å². The number of rotatable bonds is 8. The Bertz CT molecular complexity index is 550. The molecule has 112 valence electrons. The Balaban J connectivity index is 1.74. The van der Waals surface area contributed by atoms with Gasteiger partial charge in [0.25, 0.3) is 0 Å². The van der Waals surface area contributed by atoms with Crippen LogP contribution in [-0.4, -0.2) is 12.4 Å². The monoisotopic (exact) mass is 310 g/mol. The summed E-state index contributed by atoms with van der Waals surface area (Å²) < 4.78 is 28.3. The van der Waals surface area contributed by atoms with Gasteiger partial charge in [-0.2, -0.15) is 8.78 Å². The highest BCUT2D eigenvalue weighted by Crippen LogP contribution is 2.16. The molecular formula is C16H16F2O2S. The Labute approximate surface area is 126 Å². The van der Waals surface area contributed by atoms with Gasteiger partial charge in [0.05, 0.1) is 0 Å². The zero-order valence-corrected chi connectivity index (χ0v) is 12.2. The number of halogens is 2. The number of thiophene rings is 1. The highest BCUT2D eigenvalue weighted by molar-refractivity contribution is 7.09. The number of alkyl halides is 2. The highest BCUT2D eigenvalue weighted by Gasteiger charge is 2.07. The largest absolute Gasteiger partial charge is 0.435 e. The number of ether oxygens (including phenoxy) is 1. The first-order valence-electron chi connectivity index (χ1n) is 6.71. The third-order valence-electron chi connectivity index (χ3n) is 3.01. The van der Waals surface area contributed by atoms with Gasteiger partial charge in [-0.25, -0.2) is 0 Å². The van der Waals surface area contributed by atoms with Gasteiger partial charge >= 0.3 is 6.61 Å². The van der Waals surface area contributed by atoms with Crippen LogP contribution in [0.3, 0.4) is 0 Å². The van der Waals surface area contributed by atoms with Crippen molar-refractivity contribution in [1.82, 2.24) is 0 Å². The van der Waals surface area contributed by atoms with Gasteiger partial charge in [-0.3, -0.25) is 4.79 Å². The predicted molar refractivity (Wildman–Crippen MR) is 79.0 cm³/mol. The van der Waals surface area contributed by atoms with E-state index in [0.29, 0.717) is 12.8 Å².